The molecule has 7 heteroatoms. The van der Waals surface area contributed by atoms with Gasteiger partial charge in [-0.2, -0.15) is 0 Å². The van der Waals surface area contributed by atoms with Gasteiger partial charge < -0.3 is 20.3 Å². The zero-order chi connectivity index (χ0) is 16.0. The van der Waals surface area contributed by atoms with Gasteiger partial charge in [0.15, 0.2) is 0 Å². The first-order valence-corrected chi connectivity index (χ1v) is 6.89. The highest BCUT2D eigenvalue weighted by atomic mass is 16.4. The number of hydrogen-bond acceptors (Lipinski definition) is 3. The Hall–Kier alpha value is -2.05. The van der Waals surface area contributed by atoms with Crippen molar-refractivity contribution in [1.82, 2.24) is 20.2 Å². The van der Waals surface area contributed by atoms with Crippen LogP contribution in [0, 0.1) is 5.41 Å². The Morgan fingerprint density at radius 3 is 2.62 bits per heavy atom. The zero-order valence-electron chi connectivity index (χ0n) is 13.0. The third-order valence-electron chi connectivity index (χ3n) is 2.90. The van der Waals surface area contributed by atoms with Gasteiger partial charge in [0.1, 0.15) is 5.82 Å². The Balaban J connectivity index is 2.59. The molecule has 0 aromatic carbocycles. The Morgan fingerprint density at radius 2 is 2.14 bits per heavy atom. The molecule has 1 heterocycles. The second-order valence-corrected chi connectivity index (χ2v) is 6.40. The van der Waals surface area contributed by atoms with Gasteiger partial charge in [-0.1, -0.05) is 20.8 Å². The predicted octanol–water partition coefficient (Wildman–Crippen LogP) is 1.83. The fraction of sp³-hybridized carbons (Fsp3) is 0.643. The van der Waals surface area contributed by atoms with Gasteiger partial charge in [0.2, 0.25) is 0 Å². The van der Waals surface area contributed by atoms with E-state index in [0.29, 0.717) is 18.8 Å². The fourth-order valence-electron chi connectivity index (χ4n) is 2.09. The van der Waals surface area contributed by atoms with Crippen molar-refractivity contribution in [2.45, 2.75) is 46.2 Å². The Bertz CT molecular complexity index is 465. The molecule has 2 amide bonds. The largest absolute Gasteiger partial charge is 0.481 e. The molecule has 0 radical (unpaired) electrons. The highest BCUT2D eigenvalue weighted by molar-refractivity contribution is 5.75. The van der Waals surface area contributed by atoms with Crippen LogP contribution < -0.4 is 5.32 Å². The van der Waals surface area contributed by atoms with Crippen LogP contribution in [-0.4, -0.2) is 45.1 Å². The molecule has 0 aliphatic rings. The van der Waals surface area contributed by atoms with Gasteiger partial charge in [0, 0.05) is 25.5 Å². The quantitative estimate of drug-likeness (QED) is 0.746. The lowest BCUT2D eigenvalue weighted by Crippen LogP contribution is -2.45. The average Bonchev–Trinajstić information content (AvgIpc) is 2.78. The molecular formula is C14H24N4O3. The van der Waals surface area contributed by atoms with Crippen molar-refractivity contribution in [3.8, 4) is 0 Å². The number of aliphatic carboxylic acids is 1. The van der Waals surface area contributed by atoms with E-state index in [0.717, 1.165) is 0 Å². The van der Waals surface area contributed by atoms with Crippen molar-refractivity contribution in [3.05, 3.63) is 18.2 Å². The highest BCUT2D eigenvalue weighted by Gasteiger charge is 2.24. The van der Waals surface area contributed by atoms with E-state index >= 15 is 0 Å². The van der Waals surface area contributed by atoms with Crippen molar-refractivity contribution in [1.29, 1.82) is 0 Å². The Labute approximate surface area is 124 Å². The molecular weight excluding hydrogens is 272 g/mol. The van der Waals surface area contributed by atoms with Crippen LogP contribution in [-0.2, 0) is 11.3 Å². The Kier molecular flexibility index (Phi) is 5.75. The number of hydrogen-bond donors (Lipinski definition) is 3. The second-order valence-electron chi connectivity index (χ2n) is 6.40. The molecule has 1 aromatic heterocycles. The third kappa shape index (κ3) is 6.78. The lowest BCUT2D eigenvalue weighted by atomic mass is 9.87. The van der Waals surface area contributed by atoms with E-state index in [4.69, 9.17) is 5.11 Å². The molecule has 0 spiro atoms. The number of urea groups is 1. The minimum absolute atomic E-state index is 0.0625. The number of nitrogens with one attached hydrogen (secondary N) is 2. The number of carbonyl (C=O) groups excluding carboxylic acids is 1. The molecule has 0 bridgehead atoms. The van der Waals surface area contributed by atoms with Crippen molar-refractivity contribution in [3.63, 3.8) is 0 Å². The number of amides is 2. The van der Waals surface area contributed by atoms with Crippen LogP contribution in [0.15, 0.2) is 12.4 Å². The molecule has 1 aromatic rings. The summed E-state index contributed by atoms with van der Waals surface area (Å²) in [5, 5.41) is 11.7. The predicted molar refractivity (Wildman–Crippen MR) is 78.7 cm³/mol. The summed E-state index contributed by atoms with van der Waals surface area (Å²) in [5.41, 5.74) is -0.0625. The molecule has 0 aliphatic carbocycles. The number of carboxylic acid groups (broad SMARTS) is 1. The van der Waals surface area contributed by atoms with Gasteiger partial charge >= 0.3 is 12.0 Å². The SMILES string of the molecule is CN(Cc1ncc[nH]1)C(=O)NC(CC(=O)O)CC(C)(C)C. The summed E-state index contributed by atoms with van der Waals surface area (Å²) >= 11 is 0. The van der Waals surface area contributed by atoms with Crippen LogP contribution in [0.25, 0.3) is 0 Å². The van der Waals surface area contributed by atoms with Crippen molar-refractivity contribution in [2.75, 3.05) is 7.05 Å². The summed E-state index contributed by atoms with van der Waals surface area (Å²) in [4.78, 5) is 31.5. The van der Waals surface area contributed by atoms with Gasteiger partial charge in [0.05, 0.1) is 13.0 Å². The molecule has 3 N–H and O–H groups in total. The van der Waals surface area contributed by atoms with E-state index in [1.807, 2.05) is 20.8 Å². The van der Waals surface area contributed by atoms with Crippen LogP contribution in [0.3, 0.4) is 0 Å². The van der Waals surface area contributed by atoms with Crippen molar-refractivity contribution in [2.24, 2.45) is 5.41 Å². The number of H-pyrrole nitrogens is 1. The molecule has 0 fully saturated rings. The van der Waals surface area contributed by atoms with E-state index in [2.05, 4.69) is 15.3 Å². The van der Waals surface area contributed by atoms with Crippen LogP contribution >= 0.6 is 0 Å². The minimum atomic E-state index is -0.918. The number of carboxylic acids is 1. The fourth-order valence-corrected chi connectivity index (χ4v) is 2.09. The van der Waals surface area contributed by atoms with E-state index in [1.54, 1.807) is 19.4 Å². The van der Waals surface area contributed by atoms with Gasteiger partial charge in [0.25, 0.3) is 0 Å². The maximum absolute atomic E-state index is 12.1. The summed E-state index contributed by atoms with van der Waals surface area (Å²) in [6, 6.07) is -0.698. The maximum atomic E-state index is 12.1. The first kappa shape index (κ1) is 17.0. The average molecular weight is 296 g/mol. The number of nitrogens with zero attached hydrogens (tertiary/aromatic N) is 2. The molecule has 1 atom stereocenters. The maximum Gasteiger partial charge on any atom is 0.317 e. The number of carbonyl (C=O) groups is 2. The lowest BCUT2D eigenvalue weighted by Gasteiger charge is -2.27. The van der Waals surface area contributed by atoms with Crippen molar-refractivity contribution < 1.29 is 14.7 Å². The summed E-state index contributed by atoms with van der Waals surface area (Å²) in [5.74, 6) is -0.239. The van der Waals surface area contributed by atoms with Gasteiger partial charge in [-0.05, 0) is 11.8 Å². The highest BCUT2D eigenvalue weighted by Crippen LogP contribution is 2.22. The van der Waals surface area contributed by atoms with E-state index < -0.39 is 12.0 Å². The summed E-state index contributed by atoms with van der Waals surface area (Å²) in [6.45, 7) is 6.38. The van der Waals surface area contributed by atoms with Crippen LogP contribution in [0.4, 0.5) is 4.79 Å². The molecule has 1 rings (SSSR count). The molecule has 0 saturated carbocycles. The topological polar surface area (TPSA) is 98.3 Å². The number of aromatic nitrogens is 2. The number of imidazole rings is 1. The van der Waals surface area contributed by atoms with Gasteiger partial charge in [-0.25, -0.2) is 9.78 Å². The monoisotopic (exact) mass is 296 g/mol. The van der Waals surface area contributed by atoms with Crippen LogP contribution in [0.2, 0.25) is 0 Å². The molecule has 7 nitrogen and oxygen atoms in total. The van der Waals surface area contributed by atoms with E-state index in [-0.39, 0.29) is 17.9 Å². The van der Waals surface area contributed by atoms with Crippen LogP contribution in [0.5, 0.6) is 0 Å². The Morgan fingerprint density at radius 1 is 1.48 bits per heavy atom. The first-order valence-electron chi connectivity index (χ1n) is 6.89. The summed E-state index contributed by atoms with van der Waals surface area (Å²) in [7, 11) is 1.65. The smallest absolute Gasteiger partial charge is 0.317 e. The first-order chi connectivity index (χ1) is 9.67. The molecule has 21 heavy (non-hydrogen) atoms. The van der Waals surface area contributed by atoms with Gasteiger partial charge in [-0.15, -0.1) is 0 Å². The molecule has 0 aliphatic heterocycles. The normalized spacial score (nSPS) is 12.8. The second kappa shape index (κ2) is 7.10. The molecule has 0 saturated heterocycles. The molecule has 1 unspecified atom stereocenters. The standard InChI is InChI=1S/C14H24N4O3/c1-14(2,3)8-10(7-12(19)20)17-13(21)18(4)9-11-15-5-6-16-11/h5-6,10H,7-9H2,1-4H3,(H,15,16)(H,17,21)(H,19,20). The van der Waals surface area contributed by atoms with Crippen molar-refractivity contribution >= 4 is 12.0 Å². The summed E-state index contributed by atoms with van der Waals surface area (Å²) in [6.07, 6.45) is 3.82. The van der Waals surface area contributed by atoms with E-state index in [9.17, 15) is 9.59 Å². The lowest BCUT2D eigenvalue weighted by molar-refractivity contribution is -0.137. The van der Waals surface area contributed by atoms with Crippen LogP contribution in [0.1, 0.15) is 39.4 Å². The zero-order valence-corrected chi connectivity index (χ0v) is 13.0. The minimum Gasteiger partial charge on any atom is -0.481 e. The molecule has 118 valence electrons. The summed E-state index contributed by atoms with van der Waals surface area (Å²) < 4.78 is 0. The number of aromatic amines is 1. The van der Waals surface area contributed by atoms with E-state index in [1.165, 1.54) is 4.90 Å². The third-order valence-corrected chi connectivity index (χ3v) is 2.90. The number of rotatable bonds is 6. The van der Waals surface area contributed by atoms with Gasteiger partial charge in [-0.3, -0.25) is 4.79 Å².